The van der Waals surface area contributed by atoms with Gasteiger partial charge in [-0.3, -0.25) is 0 Å². The smallest absolute Gasteiger partial charge is 0.337 e. The van der Waals surface area contributed by atoms with Gasteiger partial charge in [0, 0.05) is 5.56 Å². The highest BCUT2D eigenvalue weighted by Crippen LogP contribution is 2.07. The lowest BCUT2D eigenvalue weighted by Crippen LogP contribution is -3.08. The van der Waals surface area contributed by atoms with Crippen LogP contribution in [-0.2, 0) is 16.1 Å². The van der Waals surface area contributed by atoms with Gasteiger partial charge in [0.05, 0.1) is 31.5 Å². The number of amides is 2. The molecule has 1 aliphatic rings. The molecule has 1 aromatic heterocycles. The number of thiophene rings is 1. The molecule has 1 aromatic rings. The van der Waals surface area contributed by atoms with Crippen molar-refractivity contribution >= 4 is 23.3 Å². The molecule has 0 aliphatic carbocycles. The van der Waals surface area contributed by atoms with Gasteiger partial charge in [-0.25, -0.2) is 9.59 Å². The third-order valence-corrected chi connectivity index (χ3v) is 3.87. The number of hydrogen-bond donors (Lipinski definition) is 3. The number of hydrogen-bond acceptors (Lipinski definition) is 4. The number of carbonyl (C=O) groups excluding carboxylic acids is 2. The monoisotopic (exact) mass is 310 g/mol. The van der Waals surface area contributed by atoms with E-state index < -0.39 is 0 Å². The maximum Gasteiger partial charge on any atom is 0.337 e. The van der Waals surface area contributed by atoms with Crippen LogP contribution in [0.1, 0.15) is 12.5 Å². The van der Waals surface area contributed by atoms with Crippen molar-refractivity contribution in [1.82, 2.24) is 10.6 Å². The molecule has 2 rings (SSSR count). The number of carbonyl (C=O) groups is 2. The standard InChI is InChI=1S/C14H19N3O3S/c1-3-20-13(18)11-6-15-14(19)16-12(11)8-17(2)7-10-4-5-21-9-10/h4-5,9H,3,6-8H2,1-2H3,(H2,15,16,19)/p+1. The molecule has 0 bridgehead atoms. The van der Waals surface area contributed by atoms with Gasteiger partial charge >= 0.3 is 12.0 Å². The van der Waals surface area contributed by atoms with Crippen LogP contribution in [0.2, 0.25) is 0 Å². The van der Waals surface area contributed by atoms with Gasteiger partial charge in [-0.2, -0.15) is 11.3 Å². The summed E-state index contributed by atoms with van der Waals surface area (Å²) in [4.78, 5) is 24.6. The van der Waals surface area contributed by atoms with Crippen molar-refractivity contribution in [2.75, 3.05) is 26.7 Å². The number of ether oxygens (including phenoxy) is 1. The van der Waals surface area contributed by atoms with Gasteiger partial charge in [0.25, 0.3) is 0 Å². The second-order valence-electron chi connectivity index (χ2n) is 4.93. The second kappa shape index (κ2) is 7.24. The fourth-order valence-electron chi connectivity index (χ4n) is 2.20. The maximum absolute atomic E-state index is 11.9. The highest BCUT2D eigenvalue weighted by Gasteiger charge is 2.25. The van der Waals surface area contributed by atoms with Crippen molar-refractivity contribution in [2.24, 2.45) is 0 Å². The topological polar surface area (TPSA) is 71.9 Å². The van der Waals surface area contributed by atoms with E-state index in [-0.39, 0.29) is 18.5 Å². The summed E-state index contributed by atoms with van der Waals surface area (Å²) >= 11 is 1.66. The molecule has 114 valence electrons. The van der Waals surface area contributed by atoms with E-state index in [1.807, 2.05) is 12.4 Å². The molecule has 3 N–H and O–H groups in total. The molecule has 6 nitrogen and oxygen atoms in total. The van der Waals surface area contributed by atoms with E-state index in [1.165, 1.54) is 10.5 Å². The second-order valence-corrected chi connectivity index (χ2v) is 5.71. The number of likely N-dealkylation sites (N-methyl/N-ethyl adjacent to an activating group) is 1. The number of rotatable bonds is 6. The van der Waals surface area contributed by atoms with Crippen molar-refractivity contribution in [2.45, 2.75) is 13.5 Å². The highest BCUT2D eigenvalue weighted by molar-refractivity contribution is 7.07. The number of nitrogens with one attached hydrogen (secondary N) is 3. The van der Waals surface area contributed by atoms with E-state index in [2.05, 4.69) is 22.1 Å². The van der Waals surface area contributed by atoms with Crippen molar-refractivity contribution in [1.29, 1.82) is 0 Å². The third-order valence-electron chi connectivity index (χ3n) is 3.14. The highest BCUT2D eigenvalue weighted by atomic mass is 32.1. The van der Waals surface area contributed by atoms with Crippen molar-refractivity contribution < 1.29 is 19.2 Å². The summed E-state index contributed by atoms with van der Waals surface area (Å²) in [6, 6.07) is 1.80. The van der Waals surface area contributed by atoms with E-state index in [0.717, 1.165) is 6.54 Å². The van der Waals surface area contributed by atoms with Crippen molar-refractivity contribution in [3.8, 4) is 0 Å². The van der Waals surface area contributed by atoms with Gasteiger partial charge in [-0.1, -0.05) is 0 Å². The first kappa shape index (κ1) is 15.5. The molecule has 1 aliphatic heterocycles. The minimum atomic E-state index is -0.372. The predicted molar refractivity (Wildman–Crippen MR) is 80.0 cm³/mol. The van der Waals surface area contributed by atoms with E-state index in [4.69, 9.17) is 4.74 Å². The molecule has 21 heavy (non-hydrogen) atoms. The fourth-order valence-corrected chi connectivity index (χ4v) is 2.87. The summed E-state index contributed by atoms with van der Waals surface area (Å²) in [7, 11) is 2.03. The summed E-state index contributed by atoms with van der Waals surface area (Å²) in [5, 5.41) is 9.47. The van der Waals surface area contributed by atoms with Gasteiger partial charge in [-0.05, 0) is 23.8 Å². The van der Waals surface area contributed by atoms with E-state index >= 15 is 0 Å². The van der Waals surface area contributed by atoms with Crippen LogP contribution >= 0.6 is 11.3 Å². The zero-order valence-electron chi connectivity index (χ0n) is 12.2. The Kier molecular flexibility index (Phi) is 5.35. The lowest BCUT2D eigenvalue weighted by Gasteiger charge is -2.23. The van der Waals surface area contributed by atoms with Gasteiger partial charge in [-0.15, -0.1) is 0 Å². The first-order chi connectivity index (χ1) is 10.1. The Bertz CT molecular complexity index is 540. The molecule has 0 radical (unpaired) electrons. The molecule has 2 heterocycles. The molecule has 1 unspecified atom stereocenters. The Morgan fingerprint density at radius 3 is 2.95 bits per heavy atom. The average molecular weight is 310 g/mol. The van der Waals surface area contributed by atoms with Gasteiger partial charge in [0.1, 0.15) is 13.1 Å². The molecular weight excluding hydrogens is 290 g/mol. The zero-order valence-corrected chi connectivity index (χ0v) is 13.0. The minimum Gasteiger partial charge on any atom is -0.463 e. The largest absolute Gasteiger partial charge is 0.463 e. The molecule has 0 aromatic carbocycles. The van der Waals surface area contributed by atoms with E-state index in [1.54, 1.807) is 18.3 Å². The summed E-state index contributed by atoms with van der Waals surface area (Å²) in [6.45, 7) is 3.71. The van der Waals surface area contributed by atoms with E-state index in [9.17, 15) is 9.59 Å². The Balaban J connectivity index is 2.07. The molecule has 7 heteroatoms. The van der Waals surface area contributed by atoms with Crippen LogP contribution in [0.25, 0.3) is 0 Å². The first-order valence-corrected chi connectivity index (χ1v) is 7.80. The third kappa shape index (κ3) is 4.30. The molecular formula is C14H20N3O3S+. The predicted octanol–water partition coefficient (Wildman–Crippen LogP) is -0.107. The molecule has 2 amide bonds. The van der Waals surface area contributed by atoms with Crippen LogP contribution in [0.5, 0.6) is 0 Å². The van der Waals surface area contributed by atoms with Crippen LogP contribution < -0.4 is 15.5 Å². The summed E-state index contributed by atoms with van der Waals surface area (Å²) in [5.74, 6) is -0.372. The fraction of sp³-hybridized carbons (Fsp3) is 0.429. The molecule has 0 saturated heterocycles. The van der Waals surface area contributed by atoms with Gasteiger partial charge in [0.15, 0.2) is 0 Å². The van der Waals surface area contributed by atoms with Crippen LogP contribution in [0, 0.1) is 0 Å². The number of urea groups is 1. The summed E-state index contributed by atoms with van der Waals surface area (Å²) < 4.78 is 5.04. The van der Waals surface area contributed by atoms with Crippen molar-refractivity contribution in [3.05, 3.63) is 33.7 Å². The molecule has 0 spiro atoms. The summed E-state index contributed by atoms with van der Waals surface area (Å²) in [6.07, 6.45) is 0. The average Bonchev–Trinajstić information content (AvgIpc) is 2.91. The Labute approximate surface area is 127 Å². The number of quaternary nitrogens is 1. The molecule has 0 fully saturated rings. The quantitative estimate of drug-likeness (QED) is 0.642. The van der Waals surface area contributed by atoms with Crippen LogP contribution in [-0.4, -0.2) is 38.7 Å². The van der Waals surface area contributed by atoms with Gasteiger partial charge in [0.2, 0.25) is 0 Å². The zero-order chi connectivity index (χ0) is 15.2. The maximum atomic E-state index is 11.9. The minimum absolute atomic E-state index is 0.214. The summed E-state index contributed by atoms with van der Waals surface area (Å²) in [5.41, 5.74) is 2.39. The lowest BCUT2D eigenvalue weighted by molar-refractivity contribution is -0.889. The molecule has 1 atom stereocenters. The Morgan fingerprint density at radius 2 is 2.29 bits per heavy atom. The molecule has 0 saturated carbocycles. The van der Waals surface area contributed by atoms with Crippen LogP contribution in [0.15, 0.2) is 28.1 Å². The Morgan fingerprint density at radius 1 is 1.48 bits per heavy atom. The SMILES string of the molecule is CCOC(=O)C1=C(C[NH+](C)Cc2ccsc2)NC(=O)NC1. The number of esters is 1. The van der Waals surface area contributed by atoms with E-state index in [0.29, 0.717) is 24.4 Å². The van der Waals surface area contributed by atoms with Gasteiger partial charge < -0.3 is 20.3 Å². The first-order valence-electron chi connectivity index (χ1n) is 6.86. The lowest BCUT2D eigenvalue weighted by atomic mass is 10.1. The normalized spacial score (nSPS) is 16.2. The van der Waals surface area contributed by atoms with Crippen LogP contribution in [0.4, 0.5) is 4.79 Å². The Hall–Kier alpha value is -1.86. The van der Waals surface area contributed by atoms with Crippen molar-refractivity contribution in [3.63, 3.8) is 0 Å². The van der Waals surface area contributed by atoms with Crippen LogP contribution in [0.3, 0.4) is 0 Å².